The number of hydrogen-bond acceptors (Lipinski definition) is 5. The van der Waals surface area contributed by atoms with E-state index in [-0.39, 0.29) is 11.3 Å². The van der Waals surface area contributed by atoms with Gasteiger partial charge in [0.25, 0.3) is 5.56 Å². The molecule has 2 heterocycles. The number of hydrogen-bond donors (Lipinski definition) is 1. The maximum Gasteiger partial charge on any atom is 0.272 e. The topological polar surface area (TPSA) is 96.6 Å². The molecule has 2 aromatic heterocycles. The molecular formula is C23H18FN5O2. The second-order valence-corrected chi connectivity index (χ2v) is 6.98. The Bertz CT molecular complexity index is 1440. The second-order valence-electron chi connectivity index (χ2n) is 6.98. The fourth-order valence-electron chi connectivity index (χ4n) is 3.45. The van der Waals surface area contributed by atoms with Crippen LogP contribution in [0.25, 0.3) is 33.5 Å². The standard InChI is InChI=1S/C23H18FN5O2/c1-13-18-8-15(4-6-17(18)23(30)28-27-13)19-12-26-29(2)21(19)9-16(11-25)14-5-7-20(24)22(10-14)31-3/h4-10,12H,1-3H3,(H,28,30). The number of aromatic nitrogens is 4. The van der Waals surface area contributed by atoms with Crippen molar-refractivity contribution in [2.75, 3.05) is 7.11 Å². The minimum Gasteiger partial charge on any atom is -0.494 e. The lowest BCUT2D eigenvalue weighted by molar-refractivity contribution is 0.386. The van der Waals surface area contributed by atoms with Gasteiger partial charge in [0.05, 0.1) is 41.7 Å². The summed E-state index contributed by atoms with van der Waals surface area (Å²) >= 11 is 0. The van der Waals surface area contributed by atoms with E-state index in [2.05, 4.69) is 21.4 Å². The van der Waals surface area contributed by atoms with E-state index in [9.17, 15) is 14.4 Å². The predicted octanol–water partition coefficient (Wildman–Crippen LogP) is 3.84. The van der Waals surface area contributed by atoms with Crippen LogP contribution in [0.1, 0.15) is 17.0 Å². The third-order valence-corrected chi connectivity index (χ3v) is 5.14. The zero-order valence-electron chi connectivity index (χ0n) is 17.1. The number of nitrogens with one attached hydrogen (secondary N) is 1. The van der Waals surface area contributed by atoms with Gasteiger partial charge in [0.15, 0.2) is 11.6 Å². The highest BCUT2D eigenvalue weighted by Crippen LogP contribution is 2.30. The first-order valence-electron chi connectivity index (χ1n) is 9.40. The van der Waals surface area contributed by atoms with Crippen LogP contribution >= 0.6 is 0 Å². The SMILES string of the molecule is COc1cc(C(C#N)=Cc2c(-c3ccc4c(=O)[nH]nc(C)c4c3)cnn2C)ccc1F. The molecule has 2 aromatic carbocycles. The lowest BCUT2D eigenvalue weighted by Gasteiger charge is -2.08. The van der Waals surface area contributed by atoms with Gasteiger partial charge in [-0.15, -0.1) is 0 Å². The van der Waals surface area contributed by atoms with Crippen molar-refractivity contribution in [1.29, 1.82) is 5.26 Å². The summed E-state index contributed by atoms with van der Waals surface area (Å²) in [5.74, 6) is -0.438. The van der Waals surface area contributed by atoms with Gasteiger partial charge in [0.1, 0.15) is 0 Å². The van der Waals surface area contributed by atoms with Crippen LogP contribution in [0.5, 0.6) is 5.75 Å². The van der Waals surface area contributed by atoms with Gasteiger partial charge in [-0.3, -0.25) is 9.48 Å². The lowest BCUT2D eigenvalue weighted by atomic mass is 9.99. The number of allylic oxidation sites excluding steroid dienone is 1. The number of benzene rings is 2. The molecule has 0 amide bonds. The minimum atomic E-state index is -0.500. The Balaban J connectivity index is 1.87. The molecule has 0 saturated heterocycles. The van der Waals surface area contributed by atoms with E-state index in [4.69, 9.17) is 4.74 Å². The first-order chi connectivity index (χ1) is 14.9. The van der Waals surface area contributed by atoms with Crippen molar-refractivity contribution in [2.45, 2.75) is 6.92 Å². The molecule has 0 atom stereocenters. The van der Waals surface area contributed by atoms with Gasteiger partial charge in [-0.1, -0.05) is 12.1 Å². The zero-order chi connectivity index (χ0) is 22.1. The molecule has 0 radical (unpaired) electrons. The van der Waals surface area contributed by atoms with Crippen molar-refractivity contribution in [3.8, 4) is 22.9 Å². The number of methoxy groups -OCH3 is 1. The quantitative estimate of drug-likeness (QED) is 0.511. The van der Waals surface area contributed by atoms with Gasteiger partial charge in [-0.25, -0.2) is 9.49 Å². The largest absolute Gasteiger partial charge is 0.494 e. The van der Waals surface area contributed by atoms with E-state index in [1.807, 2.05) is 19.1 Å². The number of nitrogens with zero attached hydrogens (tertiary/aromatic N) is 4. The average molecular weight is 415 g/mol. The minimum absolute atomic E-state index is 0.0617. The van der Waals surface area contributed by atoms with Crippen molar-refractivity contribution in [2.24, 2.45) is 7.05 Å². The van der Waals surface area contributed by atoms with E-state index in [1.54, 1.807) is 30.1 Å². The molecule has 4 aromatic rings. The van der Waals surface area contributed by atoms with Crippen LogP contribution in [-0.4, -0.2) is 27.1 Å². The summed E-state index contributed by atoms with van der Waals surface area (Å²) in [7, 11) is 3.15. The van der Waals surface area contributed by atoms with Crippen LogP contribution in [0.3, 0.4) is 0 Å². The van der Waals surface area contributed by atoms with Crippen molar-refractivity contribution >= 4 is 22.4 Å². The zero-order valence-corrected chi connectivity index (χ0v) is 17.1. The smallest absolute Gasteiger partial charge is 0.272 e. The molecule has 31 heavy (non-hydrogen) atoms. The average Bonchev–Trinajstić information content (AvgIpc) is 3.15. The molecule has 8 heteroatoms. The number of nitriles is 1. The highest BCUT2D eigenvalue weighted by Gasteiger charge is 2.14. The summed E-state index contributed by atoms with van der Waals surface area (Å²) in [5, 5.41) is 21.9. The van der Waals surface area contributed by atoms with Crippen LogP contribution in [0, 0.1) is 24.1 Å². The van der Waals surface area contributed by atoms with E-state index in [0.29, 0.717) is 27.9 Å². The maximum atomic E-state index is 13.8. The van der Waals surface area contributed by atoms with Crippen LogP contribution in [-0.2, 0) is 7.05 Å². The second kappa shape index (κ2) is 7.88. The first kappa shape index (κ1) is 20.0. The van der Waals surface area contributed by atoms with E-state index < -0.39 is 5.82 Å². The van der Waals surface area contributed by atoms with Crippen LogP contribution in [0.4, 0.5) is 4.39 Å². The van der Waals surface area contributed by atoms with Gasteiger partial charge >= 0.3 is 0 Å². The monoisotopic (exact) mass is 415 g/mol. The molecule has 0 saturated carbocycles. The van der Waals surface area contributed by atoms with Gasteiger partial charge < -0.3 is 4.74 Å². The lowest BCUT2D eigenvalue weighted by Crippen LogP contribution is -2.09. The van der Waals surface area contributed by atoms with Crippen molar-refractivity contribution in [1.82, 2.24) is 20.0 Å². The van der Waals surface area contributed by atoms with Gasteiger partial charge in [0.2, 0.25) is 0 Å². The van der Waals surface area contributed by atoms with Crippen LogP contribution in [0.15, 0.2) is 47.4 Å². The Morgan fingerprint density at radius 1 is 1.26 bits per heavy atom. The number of rotatable bonds is 4. The van der Waals surface area contributed by atoms with Crippen molar-refractivity contribution < 1.29 is 9.13 Å². The van der Waals surface area contributed by atoms with Gasteiger partial charge in [-0.05, 0) is 48.4 Å². The number of aromatic amines is 1. The molecule has 0 unspecified atom stereocenters. The summed E-state index contributed by atoms with van der Waals surface area (Å²) in [6.45, 7) is 1.82. The Morgan fingerprint density at radius 2 is 2.06 bits per heavy atom. The highest BCUT2D eigenvalue weighted by molar-refractivity contribution is 5.94. The Kier molecular flexibility index (Phi) is 5.09. The molecule has 0 aliphatic heterocycles. The molecule has 4 rings (SSSR count). The summed E-state index contributed by atoms with van der Waals surface area (Å²) in [6.07, 6.45) is 3.39. The molecular weight excluding hydrogens is 397 g/mol. The predicted molar refractivity (Wildman–Crippen MR) is 116 cm³/mol. The third-order valence-electron chi connectivity index (χ3n) is 5.14. The molecule has 154 valence electrons. The third kappa shape index (κ3) is 3.57. The molecule has 7 nitrogen and oxygen atoms in total. The number of ether oxygens (including phenoxy) is 1. The fourth-order valence-corrected chi connectivity index (χ4v) is 3.45. The van der Waals surface area contributed by atoms with Gasteiger partial charge in [0, 0.05) is 18.0 Å². The van der Waals surface area contributed by atoms with E-state index in [0.717, 1.165) is 16.5 Å². The molecule has 0 aliphatic rings. The molecule has 0 bridgehead atoms. The normalized spacial score (nSPS) is 11.5. The highest BCUT2D eigenvalue weighted by atomic mass is 19.1. The summed E-state index contributed by atoms with van der Waals surface area (Å²) in [5.41, 5.74) is 3.61. The summed E-state index contributed by atoms with van der Waals surface area (Å²) in [4.78, 5) is 12.1. The molecule has 0 fully saturated rings. The Hall–Kier alpha value is -4.25. The number of aryl methyl sites for hydroxylation is 2. The number of H-pyrrole nitrogens is 1. The molecule has 0 aliphatic carbocycles. The number of halogens is 1. The molecule has 0 spiro atoms. The van der Waals surface area contributed by atoms with Crippen LogP contribution in [0.2, 0.25) is 0 Å². The molecule has 1 N–H and O–H groups in total. The van der Waals surface area contributed by atoms with E-state index in [1.165, 1.54) is 25.3 Å². The van der Waals surface area contributed by atoms with Gasteiger partial charge in [-0.2, -0.15) is 15.5 Å². The van der Waals surface area contributed by atoms with Crippen LogP contribution < -0.4 is 10.3 Å². The Labute approximate surface area is 177 Å². The summed E-state index contributed by atoms with van der Waals surface area (Å²) in [6, 6.07) is 11.9. The fraction of sp³-hybridized carbons (Fsp3) is 0.130. The van der Waals surface area contributed by atoms with Crippen molar-refractivity contribution in [3.05, 3.63) is 75.7 Å². The van der Waals surface area contributed by atoms with E-state index >= 15 is 0 Å². The Morgan fingerprint density at radius 3 is 2.81 bits per heavy atom. The number of fused-ring (bicyclic) bond motifs is 1. The first-order valence-corrected chi connectivity index (χ1v) is 9.40. The summed E-state index contributed by atoms with van der Waals surface area (Å²) < 4.78 is 20.5. The van der Waals surface area contributed by atoms with Crippen molar-refractivity contribution in [3.63, 3.8) is 0 Å². The maximum absolute atomic E-state index is 13.8.